The highest BCUT2D eigenvalue weighted by Crippen LogP contribution is 2.13. The number of carbonyl (C=O) groups is 1. The van der Waals surface area contributed by atoms with Crippen LogP contribution in [0.25, 0.3) is 0 Å². The lowest BCUT2D eigenvalue weighted by molar-refractivity contribution is -0.122. The molecule has 0 amide bonds. The first-order chi connectivity index (χ1) is 7.71. The van der Waals surface area contributed by atoms with Crippen LogP contribution in [0.15, 0.2) is 24.3 Å². The van der Waals surface area contributed by atoms with E-state index in [1.54, 1.807) is 0 Å². The smallest absolute Gasteiger partial charge is 0.140 e. The standard InChI is InChI=1S/C15H22O/c1-4-12-7-9-13(10-8-12)11-15(16)14(5-2)6-3/h7-10,14H,4-6,11H2,1-3H3. The van der Waals surface area contributed by atoms with Crippen LogP contribution in [-0.4, -0.2) is 5.78 Å². The van der Waals surface area contributed by atoms with Crippen LogP contribution < -0.4 is 0 Å². The third-order valence-electron chi connectivity index (χ3n) is 3.25. The van der Waals surface area contributed by atoms with E-state index in [0.717, 1.165) is 24.8 Å². The molecular weight excluding hydrogens is 196 g/mol. The molecule has 0 N–H and O–H groups in total. The third kappa shape index (κ3) is 3.48. The molecule has 1 nitrogen and oxygen atoms in total. The van der Waals surface area contributed by atoms with E-state index in [9.17, 15) is 4.79 Å². The van der Waals surface area contributed by atoms with Gasteiger partial charge in [-0.2, -0.15) is 0 Å². The number of aryl methyl sites for hydroxylation is 1. The Balaban J connectivity index is 2.62. The van der Waals surface area contributed by atoms with Gasteiger partial charge in [-0.15, -0.1) is 0 Å². The topological polar surface area (TPSA) is 17.1 Å². The third-order valence-corrected chi connectivity index (χ3v) is 3.25. The monoisotopic (exact) mass is 218 g/mol. The summed E-state index contributed by atoms with van der Waals surface area (Å²) in [4.78, 5) is 11.9. The summed E-state index contributed by atoms with van der Waals surface area (Å²) in [5.74, 6) is 0.625. The number of hydrogen-bond donors (Lipinski definition) is 0. The SMILES string of the molecule is CCc1ccc(CC(=O)C(CC)CC)cc1. The van der Waals surface area contributed by atoms with Crippen LogP contribution >= 0.6 is 0 Å². The molecule has 0 saturated carbocycles. The molecule has 0 spiro atoms. The Bertz CT molecular complexity index is 320. The van der Waals surface area contributed by atoms with Crippen molar-refractivity contribution in [1.29, 1.82) is 0 Å². The molecule has 0 atom stereocenters. The zero-order valence-electron chi connectivity index (χ0n) is 10.6. The maximum atomic E-state index is 11.9. The first kappa shape index (κ1) is 13.0. The minimum absolute atomic E-state index is 0.242. The normalized spacial score (nSPS) is 10.8. The van der Waals surface area contributed by atoms with Crippen LogP contribution in [0.4, 0.5) is 0 Å². The van der Waals surface area contributed by atoms with E-state index in [-0.39, 0.29) is 5.92 Å². The molecule has 0 saturated heterocycles. The second kappa shape index (κ2) is 6.47. The Morgan fingerprint density at radius 1 is 1.00 bits per heavy atom. The zero-order valence-corrected chi connectivity index (χ0v) is 10.6. The molecule has 0 aliphatic rings. The largest absolute Gasteiger partial charge is 0.299 e. The van der Waals surface area contributed by atoms with Crippen LogP contribution in [0, 0.1) is 5.92 Å². The first-order valence-electron chi connectivity index (χ1n) is 6.31. The van der Waals surface area contributed by atoms with Gasteiger partial charge in [0.2, 0.25) is 0 Å². The second-order valence-electron chi connectivity index (χ2n) is 4.33. The summed E-state index contributed by atoms with van der Waals surface area (Å²) >= 11 is 0. The van der Waals surface area contributed by atoms with Crippen LogP contribution in [0.5, 0.6) is 0 Å². The summed E-state index contributed by atoms with van der Waals surface area (Å²) in [7, 11) is 0. The highest BCUT2D eigenvalue weighted by molar-refractivity contribution is 5.83. The van der Waals surface area contributed by atoms with Gasteiger partial charge in [-0.05, 0) is 30.4 Å². The molecule has 0 fully saturated rings. The Morgan fingerprint density at radius 2 is 1.50 bits per heavy atom. The molecule has 0 unspecified atom stereocenters. The first-order valence-corrected chi connectivity index (χ1v) is 6.31. The van der Waals surface area contributed by atoms with Gasteiger partial charge in [0.05, 0.1) is 0 Å². The number of hydrogen-bond acceptors (Lipinski definition) is 1. The summed E-state index contributed by atoms with van der Waals surface area (Å²) in [5.41, 5.74) is 2.48. The molecule has 0 aliphatic carbocycles. The van der Waals surface area contributed by atoms with Crippen molar-refractivity contribution in [2.24, 2.45) is 5.92 Å². The van der Waals surface area contributed by atoms with Gasteiger partial charge in [0.25, 0.3) is 0 Å². The van der Waals surface area contributed by atoms with Crippen molar-refractivity contribution in [3.63, 3.8) is 0 Å². The molecule has 0 radical (unpaired) electrons. The Morgan fingerprint density at radius 3 is 1.94 bits per heavy atom. The van der Waals surface area contributed by atoms with Gasteiger partial charge in [-0.3, -0.25) is 4.79 Å². The van der Waals surface area contributed by atoms with Crippen LogP contribution in [0.1, 0.15) is 44.7 Å². The minimum atomic E-state index is 0.242. The van der Waals surface area contributed by atoms with Gasteiger partial charge in [-0.1, -0.05) is 45.0 Å². The van der Waals surface area contributed by atoms with Crippen molar-refractivity contribution in [3.8, 4) is 0 Å². The number of ketones is 1. The number of benzene rings is 1. The molecule has 1 heteroatoms. The fourth-order valence-corrected chi connectivity index (χ4v) is 1.98. The molecule has 1 aromatic carbocycles. The van der Waals surface area contributed by atoms with Gasteiger partial charge in [-0.25, -0.2) is 0 Å². The highest BCUT2D eigenvalue weighted by Gasteiger charge is 2.14. The Kier molecular flexibility index (Phi) is 5.24. The maximum absolute atomic E-state index is 11.9. The van der Waals surface area contributed by atoms with Crippen LogP contribution in [0.2, 0.25) is 0 Å². The predicted molar refractivity (Wildman–Crippen MR) is 68.6 cm³/mol. The van der Waals surface area contributed by atoms with Crippen molar-refractivity contribution in [2.75, 3.05) is 0 Å². The molecule has 0 aromatic heterocycles. The summed E-state index contributed by atoms with van der Waals surface area (Å²) in [6.45, 7) is 6.32. The fourth-order valence-electron chi connectivity index (χ4n) is 1.98. The molecule has 0 bridgehead atoms. The van der Waals surface area contributed by atoms with Crippen LogP contribution in [-0.2, 0) is 17.6 Å². The minimum Gasteiger partial charge on any atom is -0.299 e. The molecule has 0 heterocycles. The average Bonchev–Trinajstić information content (AvgIpc) is 2.31. The van der Waals surface area contributed by atoms with E-state index in [0.29, 0.717) is 12.2 Å². The van der Waals surface area contributed by atoms with Gasteiger partial charge in [0.15, 0.2) is 0 Å². The van der Waals surface area contributed by atoms with Crippen LogP contribution in [0.3, 0.4) is 0 Å². The van der Waals surface area contributed by atoms with E-state index >= 15 is 0 Å². The highest BCUT2D eigenvalue weighted by atomic mass is 16.1. The number of carbonyl (C=O) groups excluding carboxylic acids is 1. The van der Waals surface area contributed by atoms with Crippen molar-refractivity contribution in [1.82, 2.24) is 0 Å². The molecular formula is C15H22O. The lowest BCUT2D eigenvalue weighted by atomic mass is 9.93. The Labute approximate surface area is 98.9 Å². The molecule has 1 aromatic rings. The second-order valence-corrected chi connectivity index (χ2v) is 4.33. The van der Waals surface area contributed by atoms with E-state index in [1.807, 2.05) is 0 Å². The van der Waals surface area contributed by atoms with E-state index in [1.165, 1.54) is 5.56 Å². The van der Waals surface area contributed by atoms with Gasteiger partial charge in [0, 0.05) is 12.3 Å². The summed E-state index contributed by atoms with van der Waals surface area (Å²) in [6.07, 6.45) is 3.57. The van der Waals surface area contributed by atoms with E-state index in [2.05, 4.69) is 45.0 Å². The quantitative estimate of drug-likeness (QED) is 0.710. The van der Waals surface area contributed by atoms with E-state index in [4.69, 9.17) is 0 Å². The Hall–Kier alpha value is -1.11. The van der Waals surface area contributed by atoms with E-state index < -0.39 is 0 Å². The molecule has 0 aliphatic heterocycles. The summed E-state index contributed by atoms with van der Waals surface area (Å²) < 4.78 is 0. The van der Waals surface area contributed by atoms with Gasteiger partial charge < -0.3 is 0 Å². The van der Waals surface area contributed by atoms with Crippen molar-refractivity contribution >= 4 is 5.78 Å². The van der Waals surface area contributed by atoms with Crippen molar-refractivity contribution in [3.05, 3.63) is 35.4 Å². The maximum Gasteiger partial charge on any atom is 0.140 e. The average molecular weight is 218 g/mol. The zero-order chi connectivity index (χ0) is 12.0. The van der Waals surface area contributed by atoms with Gasteiger partial charge in [0.1, 0.15) is 5.78 Å². The molecule has 88 valence electrons. The van der Waals surface area contributed by atoms with Crippen molar-refractivity contribution in [2.45, 2.75) is 46.5 Å². The lowest BCUT2D eigenvalue weighted by Gasteiger charge is -2.10. The van der Waals surface area contributed by atoms with Gasteiger partial charge >= 0.3 is 0 Å². The summed E-state index contributed by atoms with van der Waals surface area (Å²) in [6, 6.07) is 8.41. The number of rotatable bonds is 6. The fraction of sp³-hybridized carbons (Fsp3) is 0.533. The molecule has 16 heavy (non-hydrogen) atoms. The summed E-state index contributed by atoms with van der Waals surface area (Å²) in [5, 5.41) is 0. The molecule has 1 rings (SSSR count). The number of Topliss-reactive ketones (excluding diaryl/α,β-unsaturated/α-hetero) is 1. The lowest BCUT2D eigenvalue weighted by Crippen LogP contribution is -2.15. The predicted octanol–water partition coefficient (Wildman–Crippen LogP) is 3.80. The van der Waals surface area contributed by atoms with Crippen molar-refractivity contribution < 1.29 is 4.79 Å².